The van der Waals surface area contributed by atoms with Crippen LogP contribution in [0.4, 0.5) is 8.78 Å². The van der Waals surface area contributed by atoms with Crippen LogP contribution in [-0.4, -0.2) is 88.1 Å². The first kappa shape index (κ1) is 35.9. The van der Waals surface area contributed by atoms with E-state index in [-0.39, 0.29) is 50.4 Å². The summed E-state index contributed by atoms with van der Waals surface area (Å²) < 4.78 is 41.8. The van der Waals surface area contributed by atoms with Gasteiger partial charge in [0, 0.05) is 68.7 Å². The van der Waals surface area contributed by atoms with Gasteiger partial charge in [-0.1, -0.05) is 0 Å². The summed E-state index contributed by atoms with van der Waals surface area (Å²) in [5.41, 5.74) is 8.27. The highest BCUT2D eigenvalue weighted by Gasteiger charge is 2.37. The van der Waals surface area contributed by atoms with Gasteiger partial charge < -0.3 is 29.7 Å². The van der Waals surface area contributed by atoms with E-state index in [0.717, 1.165) is 43.5 Å². The van der Waals surface area contributed by atoms with E-state index in [9.17, 15) is 23.2 Å². The van der Waals surface area contributed by atoms with Crippen molar-refractivity contribution >= 4 is 17.8 Å². The normalized spacial score (nSPS) is 17.9. The minimum Gasteiger partial charge on any atom is -0.473 e. The molecule has 2 amide bonds. The van der Waals surface area contributed by atoms with Crippen molar-refractivity contribution in [2.24, 2.45) is 5.73 Å². The van der Waals surface area contributed by atoms with E-state index in [1.165, 1.54) is 0 Å². The van der Waals surface area contributed by atoms with E-state index in [4.69, 9.17) is 19.9 Å². The molecule has 0 atom stereocenters. The topological polar surface area (TPSA) is 137 Å². The second-order valence-electron chi connectivity index (χ2n) is 13.6. The number of esters is 1. The SMILES string of the molecule is CC(C)(C)OC(=O)CC/C(=C/F)COc1ccc2c(n1)CCN(C1CC1)C2=O.NC/C(=C/F)COc1ccc2c(n1)CCN(C1CC1)C2=O. The molecule has 0 saturated heterocycles. The first-order valence-corrected chi connectivity index (χ1v) is 16.8. The third kappa shape index (κ3) is 9.84. The molecule has 0 aromatic carbocycles. The Morgan fingerprint density at radius 1 is 0.816 bits per heavy atom. The number of fused-ring (bicyclic) bond motifs is 2. The van der Waals surface area contributed by atoms with E-state index in [1.54, 1.807) is 45.0 Å². The molecule has 2 aliphatic carbocycles. The Morgan fingerprint density at radius 3 is 1.69 bits per heavy atom. The number of amides is 2. The lowest BCUT2D eigenvalue weighted by atomic mass is 10.0. The first-order chi connectivity index (χ1) is 23.5. The summed E-state index contributed by atoms with van der Waals surface area (Å²) in [5, 5.41) is 0. The van der Waals surface area contributed by atoms with Crippen molar-refractivity contribution in [2.45, 2.75) is 89.8 Å². The fraction of sp³-hybridized carbons (Fsp3) is 0.528. The number of nitrogens with two attached hydrogens (primary N) is 1. The molecule has 11 nitrogen and oxygen atoms in total. The number of pyridine rings is 2. The molecule has 0 spiro atoms. The molecule has 0 radical (unpaired) electrons. The van der Waals surface area contributed by atoms with Crippen LogP contribution in [0.2, 0.25) is 0 Å². The van der Waals surface area contributed by atoms with Crippen molar-refractivity contribution in [2.75, 3.05) is 32.8 Å². The number of halogens is 2. The first-order valence-electron chi connectivity index (χ1n) is 16.8. The van der Waals surface area contributed by atoms with Gasteiger partial charge in [-0.3, -0.25) is 14.4 Å². The highest BCUT2D eigenvalue weighted by molar-refractivity contribution is 5.97. The summed E-state index contributed by atoms with van der Waals surface area (Å²) in [5.74, 6) is 0.461. The van der Waals surface area contributed by atoms with Crippen LogP contribution in [0, 0.1) is 0 Å². The molecule has 2 aromatic rings. The molecule has 2 saturated carbocycles. The minimum atomic E-state index is -0.563. The molecule has 2 N–H and O–H groups in total. The highest BCUT2D eigenvalue weighted by atomic mass is 19.1. The number of rotatable bonds is 12. The number of hydrogen-bond acceptors (Lipinski definition) is 9. The van der Waals surface area contributed by atoms with Crippen LogP contribution in [0.25, 0.3) is 0 Å². The Hall–Kier alpha value is -4.39. The van der Waals surface area contributed by atoms with Gasteiger partial charge in [-0.05, 0) is 70.6 Å². The van der Waals surface area contributed by atoms with Crippen molar-refractivity contribution in [3.63, 3.8) is 0 Å². The number of carbonyl (C=O) groups excluding carboxylic acids is 3. The lowest BCUT2D eigenvalue weighted by molar-refractivity contribution is -0.154. The van der Waals surface area contributed by atoms with Gasteiger partial charge in [-0.2, -0.15) is 0 Å². The Kier molecular flexibility index (Phi) is 11.6. The van der Waals surface area contributed by atoms with E-state index < -0.39 is 5.60 Å². The van der Waals surface area contributed by atoms with Gasteiger partial charge in [0.2, 0.25) is 11.8 Å². The average molecular weight is 682 g/mol. The molecule has 264 valence electrons. The molecular formula is C36H45F2N5O6. The lowest BCUT2D eigenvalue weighted by Gasteiger charge is -2.28. The Labute approximate surface area is 285 Å². The Morgan fingerprint density at radius 2 is 1.29 bits per heavy atom. The van der Waals surface area contributed by atoms with Crippen molar-refractivity contribution in [3.05, 3.63) is 70.6 Å². The summed E-state index contributed by atoms with van der Waals surface area (Å²) >= 11 is 0. The average Bonchev–Trinajstić information content (AvgIpc) is 4.00. The second kappa shape index (κ2) is 15.9. The van der Waals surface area contributed by atoms with Crippen LogP contribution in [0.5, 0.6) is 11.8 Å². The molecular weight excluding hydrogens is 636 g/mol. The lowest BCUT2D eigenvalue weighted by Crippen LogP contribution is -2.39. The molecule has 0 unspecified atom stereocenters. The maximum absolute atomic E-state index is 13.1. The highest BCUT2D eigenvalue weighted by Crippen LogP contribution is 2.33. The van der Waals surface area contributed by atoms with Crippen LogP contribution >= 0.6 is 0 Å². The fourth-order valence-corrected chi connectivity index (χ4v) is 5.61. The van der Waals surface area contributed by atoms with Gasteiger partial charge in [0.05, 0.1) is 35.2 Å². The molecule has 0 bridgehead atoms. The fourth-order valence-electron chi connectivity index (χ4n) is 5.61. The zero-order chi connectivity index (χ0) is 35.1. The van der Waals surface area contributed by atoms with E-state index in [1.807, 2.05) is 9.80 Å². The van der Waals surface area contributed by atoms with Crippen molar-refractivity contribution in [1.29, 1.82) is 0 Å². The van der Waals surface area contributed by atoms with Gasteiger partial charge >= 0.3 is 5.97 Å². The summed E-state index contributed by atoms with van der Waals surface area (Å²) in [6.07, 6.45) is 7.01. The van der Waals surface area contributed by atoms with Crippen LogP contribution in [0.15, 0.2) is 48.1 Å². The zero-order valence-corrected chi connectivity index (χ0v) is 28.4. The van der Waals surface area contributed by atoms with E-state index in [2.05, 4.69) is 9.97 Å². The van der Waals surface area contributed by atoms with Gasteiger partial charge in [-0.15, -0.1) is 0 Å². The maximum Gasteiger partial charge on any atom is 0.306 e. The molecule has 2 aromatic heterocycles. The standard InChI is InChI=1S/C21H27FN2O4.C15H18FN3O2/c1-21(2,3)28-19(25)9-4-14(12-22)13-27-18-8-7-16-17(23-18)10-11-24(20(16)26)15-5-6-15;16-7-10(8-17)9-21-14-4-3-12-13(18-14)5-6-19(15(12)20)11-1-2-11/h7-8,12,15H,4-6,9-11,13H2,1-3H3;3-4,7,11H,1-2,5-6,8-9,17H2/b14-12-;10-7-. The second-order valence-corrected chi connectivity index (χ2v) is 13.6. The Balaban J connectivity index is 0.000000199. The van der Waals surface area contributed by atoms with E-state index in [0.29, 0.717) is 78.3 Å². The third-order valence-corrected chi connectivity index (χ3v) is 8.49. The van der Waals surface area contributed by atoms with E-state index >= 15 is 0 Å². The van der Waals surface area contributed by atoms with Crippen LogP contribution in [-0.2, 0) is 22.4 Å². The minimum absolute atomic E-state index is 0.00672. The largest absolute Gasteiger partial charge is 0.473 e. The summed E-state index contributed by atoms with van der Waals surface area (Å²) in [6, 6.07) is 7.57. The monoisotopic (exact) mass is 681 g/mol. The summed E-state index contributed by atoms with van der Waals surface area (Å²) in [7, 11) is 0. The van der Waals surface area contributed by atoms with Crippen molar-refractivity contribution in [3.8, 4) is 11.8 Å². The predicted octanol–water partition coefficient (Wildman–Crippen LogP) is 5.03. The quantitative estimate of drug-likeness (QED) is 0.306. The van der Waals surface area contributed by atoms with Crippen LogP contribution in [0.1, 0.15) is 91.4 Å². The molecule has 13 heteroatoms. The number of nitrogens with zero attached hydrogens (tertiary/aromatic N) is 4. The van der Waals surface area contributed by atoms with Gasteiger partial charge in [-0.25, -0.2) is 18.7 Å². The van der Waals surface area contributed by atoms with Crippen molar-refractivity contribution in [1.82, 2.24) is 19.8 Å². The molecule has 2 aliphatic heterocycles. The zero-order valence-electron chi connectivity index (χ0n) is 28.4. The molecule has 4 aliphatic rings. The van der Waals surface area contributed by atoms with Gasteiger partial charge in [0.1, 0.15) is 18.8 Å². The summed E-state index contributed by atoms with van der Waals surface area (Å²) in [4.78, 5) is 49.2. The van der Waals surface area contributed by atoms with Crippen LogP contribution < -0.4 is 15.2 Å². The molecule has 6 rings (SSSR count). The maximum atomic E-state index is 13.1. The molecule has 4 heterocycles. The Bertz CT molecular complexity index is 1600. The number of ether oxygens (including phenoxy) is 3. The number of carbonyl (C=O) groups is 3. The molecule has 49 heavy (non-hydrogen) atoms. The smallest absolute Gasteiger partial charge is 0.306 e. The van der Waals surface area contributed by atoms with Gasteiger partial charge in [0.25, 0.3) is 11.8 Å². The number of aromatic nitrogens is 2. The third-order valence-electron chi connectivity index (χ3n) is 8.49. The summed E-state index contributed by atoms with van der Waals surface area (Å²) in [6.45, 7) is 6.93. The van der Waals surface area contributed by atoms with Crippen molar-refractivity contribution < 1.29 is 37.4 Å². The van der Waals surface area contributed by atoms with Gasteiger partial charge in [0.15, 0.2) is 0 Å². The molecule has 2 fully saturated rings. The predicted molar refractivity (Wildman–Crippen MR) is 178 cm³/mol. The number of hydrogen-bond donors (Lipinski definition) is 1. The van der Waals surface area contributed by atoms with Crippen LogP contribution in [0.3, 0.4) is 0 Å².